The second kappa shape index (κ2) is 10.5. The maximum Gasteiger partial charge on any atom is 0.330 e. The van der Waals surface area contributed by atoms with Gasteiger partial charge in [-0.05, 0) is 24.5 Å². The number of aromatic amines is 1. The highest BCUT2D eigenvalue weighted by Crippen LogP contribution is 2.26. The van der Waals surface area contributed by atoms with Gasteiger partial charge in [-0.25, -0.2) is 4.79 Å². The first-order chi connectivity index (χ1) is 14.3. The molecule has 1 amide bonds. The van der Waals surface area contributed by atoms with Crippen LogP contribution in [0.2, 0.25) is 0 Å². The molecule has 2 aromatic rings. The number of nitrogens with two attached hydrogens (primary N) is 1. The number of hydrogen-bond acceptors (Lipinski definition) is 6. The summed E-state index contributed by atoms with van der Waals surface area (Å²) in [6.45, 7) is 6.09. The Bertz CT molecular complexity index is 980. The Morgan fingerprint density at radius 2 is 1.90 bits per heavy atom. The SMILES string of the molecule is CCCCn1c(N)c(N(CC(C)C)C(=O)COc2ccccc2OC)c(=O)[nH]c1=O. The maximum atomic E-state index is 13.0. The number of hydrogen-bond donors (Lipinski definition) is 2. The summed E-state index contributed by atoms with van der Waals surface area (Å²) < 4.78 is 12.2. The number of nitrogens with zero attached hydrogens (tertiary/aromatic N) is 2. The topological polar surface area (TPSA) is 120 Å². The predicted molar refractivity (Wildman–Crippen MR) is 116 cm³/mol. The monoisotopic (exact) mass is 418 g/mol. The largest absolute Gasteiger partial charge is 0.493 e. The van der Waals surface area contributed by atoms with Crippen molar-refractivity contribution in [3.63, 3.8) is 0 Å². The lowest BCUT2D eigenvalue weighted by atomic mass is 10.2. The average molecular weight is 418 g/mol. The number of unbranched alkanes of at least 4 members (excludes halogenated alkanes) is 1. The molecule has 3 N–H and O–H groups in total. The van der Waals surface area contributed by atoms with Crippen molar-refractivity contribution < 1.29 is 14.3 Å². The molecule has 0 bridgehead atoms. The van der Waals surface area contributed by atoms with E-state index in [0.29, 0.717) is 24.5 Å². The number of carbonyl (C=O) groups is 1. The number of para-hydroxylation sites is 2. The lowest BCUT2D eigenvalue weighted by Crippen LogP contribution is -2.44. The molecule has 0 fully saturated rings. The minimum atomic E-state index is -0.698. The van der Waals surface area contributed by atoms with E-state index >= 15 is 0 Å². The second-order valence-electron chi connectivity index (χ2n) is 7.34. The number of ether oxygens (including phenoxy) is 2. The summed E-state index contributed by atoms with van der Waals surface area (Å²) in [5, 5.41) is 0. The van der Waals surface area contributed by atoms with E-state index in [9.17, 15) is 14.4 Å². The van der Waals surface area contributed by atoms with Crippen molar-refractivity contribution in [2.24, 2.45) is 5.92 Å². The molecule has 1 aromatic heterocycles. The molecular formula is C21H30N4O5. The zero-order chi connectivity index (χ0) is 22.3. The highest BCUT2D eigenvalue weighted by atomic mass is 16.5. The second-order valence-corrected chi connectivity index (χ2v) is 7.34. The first kappa shape index (κ1) is 23.1. The summed E-state index contributed by atoms with van der Waals surface area (Å²) in [5.74, 6) is 0.477. The molecule has 0 atom stereocenters. The van der Waals surface area contributed by atoms with Crippen molar-refractivity contribution in [3.8, 4) is 11.5 Å². The number of rotatable bonds is 10. The number of benzene rings is 1. The Balaban J connectivity index is 2.38. The molecule has 1 aromatic carbocycles. The van der Waals surface area contributed by atoms with Crippen LogP contribution in [-0.2, 0) is 11.3 Å². The van der Waals surface area contributed by atoms with Crippen molar-refractivity contribution in [2.75, 3.05) is 30.9 Å². The number of anilines is 2. The molecule has 0 aliphatic carbocycles. The Morgan fingerprint density at radius 1 is 1.23 bits per heavy atom. The van der Waals surface area contributed by atoms with Crippen molar-refractivity contribution in [2.45, 2.75) is 40.2 Å². The number of carbonyl (C=O) groups excluding carboxylic acids is 1. The number of nitrogens with one attached hydrogen (secondary N) is 1. The fourth-order valence-electron chi connectivity index (χ4n) is 3.01. The minimum absolute atomic E-state index is 0.0245. The lowest BCUT2D eigenvalue weighted by Gasteiger charge is -2.26. The number of methoxy groups -OCH3 is 1. The van der Waals surface area contributed by atoms with Crippen LogP contribution in [0, 0.1) is 5.92 Å². The van der Waals surface area contributed by atoms with E-state index in [2.05, 4.69) is 4.98 Å². The lowest BCUT2D eigenvalue weighted by molar-refractivity contribution is -0.120. The Labute approximate surface area is 175 Å². The van der Waals surface area contributed by atoms with Gasteiger partial charge in [0.2, 0.25) is 0 Å². The van der Waals surface area contributed by atoms with Gasteiger partial charge < -0.3 is 20.1 Å². The maximum absolute atomic E-state index is 13.0. The summed E-state index contributed by atoms with van der Waals surface area (Å²) in [5.41, 5.74) is 4.86. The zero-order valence-corrected chi connectivity index (χ0v) is 17.9. The van der Waals surface area contributed by atoms with Gasteiger partial charge in [-0.2, -0.15) is 0 Å². The van der Waals surface area contributed by atoms with Crippen LogP contribution < -0.4 is 31.4 Å². The Hall–Kier alpha value is -3.23. The van der Waals surface area contributed by atoms with Crippen LogP contribution in [0.15, 0.2) is 33.9 Å². The third kappa shape index (κ3) is 5.43. The van der Waals surface area contributed by atoms with E-state index in [1.165, 1.54) is 16.6 Å². The molecule has 30 heavy (non-hydrogen) atoms. The van der Waals surface area contributed by atoms with Crippen molar-refractivity contribution in [1.82, 2.24) is 9.55 Å². The quantitative estimate of drug-likeness (QED) is 0.609. The van der Waals surface area contributed by atoms with Crippen molar-refractivity contribution >= 4 is 17.4 Å². The number of amides is 1. The van der Waals surface area contributed by atoms with Gasteiger partial charge in [-0.1, -0.05) is 39.3 Å². The highest BCUT2D eigenvalue weighted by Gasteiger charge is 2.25. The van der Waals surface area contributed by atoms with Crippen molar-refractivity contribution in [3.05, 3.63) is 45.1 Å². The van der Waals surface area contributed by atoms with E-state index in [0.717, 1.165) is 6.42 Å². The summed E-state index contributed by atoms with van der Waals surface area (Å²) >= 11 is 0. The molecule has 1 heterocycles. The summed E-state index contributed by atoms with van der Waals surface area (Å²) in [7, 11) is 1.51. The molecule has 2 rings (SSSR count). The molecular weight excluding hydrogens is 388 g/mol. The molecule has 0 saturated heterocycles. The summed E-state index contributed by atoms with van der Waals surface area (Å²) in [6, 6.07) is 6.96. The molecule has 9 heteroatoms. The van der Waals surface area contributed by atoms with Gasteiger partial charge in [0.1, 0.15) is 5.82 Å². The van der Waals surface area contributed by atoms with E-state index in [4.69, 9.17) is 15.2 Å². The predicted octanol–water partition coefficient (Wildman–Crippen LogP) is 2.00. The summed E-state index contributed by atoms with van der Waals surface area (Å²) in [6.07, 6.45) is 1.56. The van der Waals surface area contributed by atoms with E-state index in [-0.39, 0.29) is 30.6 Å². The van der Waals surface area contributed by atoms with Crippen LogP contribution in [-0.4, -0.2) is 35.7 Å². The van der Waals surface area contributed by atoms with Crippen LogP contribution in [0.3, 0.4) is 0 Å². The first-order valence-corrected chi connectivity index (χ1v) is 9.98. The van der Waals surface area contributed by atoms with Gasteiger partial charge in [0.05, 0.1) is 7.11 Å². The molecule has 0 radical (unpaired) electrons. The normalized spacial score (nSPS) is 10.8. The summed E-state index contributed by atoms with van der Waals surface area (Å²) in [4.78, 5) is 41.4. The molecule has 0 spiro atoms. The van der Waals surface area contributed by atoms with E-state index < -0.39 is 17.2 Å². The third-order valence-electron chi connectivity index (χ3n) is 4.49. The standard InChI is InChI=1S/C21H30N4O5/c1-5-6-11-24-19(22)18(20(27)23-21(24)28)25(12-14(2)3)17(26)13-30-16-10-8-7-9-15(16)29-4/h7-10,14H,5-6,11-13,22H2,1-4H3,(H,23,27,28). The van der Waals surface area contributed by atoms with Gasteiger partial charge in [0.25, 0.3) is 11.5 Å². The fraction of sp³-hybridized carbons (Fsp3) is 0.476. The van der Waals surface area contributed by atoms with Crippen molar-refractivity contribution in [1.29, 1.82) is 0 Å². The van der Waals surface area contributed by atoms with Gasteiger partial charge in [-0.3, -0.25) is 19.1 Å². The molecule has 0 aliphatic heterocycles. The van der Waals surface area contributed by atoms with Gasteiger partial charge in [-0.15, -0.1) is 0 Å². The smallest absolute Gasteiger partial charge is 0.330 e. The Kier molecular flexibility index (Phi) is 8.08. The molecule has 0 aliphatic rings. The number of nitrogen functional groups attached to an aromatic ring is 1. The zero-order valence-electron chi connectivity index (χ0n) is 17.9. The molecule has 164 valence electrons. The highest BCUT2D eigenvalue weighted by molar-refractivity contribution is 5.96. The first-order valence-electron chi connectivity index (χ1n) is 9.98. The fourth-order valence-corrected chi connectivity index (χ4v) is 3.01. The number of H-pyrrole nitrogens is 1. The van der Waals surface area contributed by atoms with Crippen LogP contribution in [0.4, 0.5) is 11.5 Å². The van der Waals surface area contributed by atoms with E-state index in [1.807, 2.05) is 20.8 Å². The van der Waals surface area contributed by atoms with Crippen LogP contribution in [0.25, 0.3) is 0 Å². The van der Waals surface area contributed by atoms with Crippen LogP contribution in [0.1, 0.15) is 33.6 Å². The average Bonchev–Trinajstić information content (AvgIpc) is 2.70. The third-order valence-corrected chi connectivity index (χ3v) is 4.49. The Morgan fingerprint density at radius 3 is 2.50 bits per heavy atom. The van der Waals surface area contributed by atoms with Crippen LogP contribution in [0.5, 0.6) is 11.5 Å². The van der Waals surface area contributed by atoms with E-state index in [1.54, 1.807) is 24.3 Å². The van der Waals surface area contributed by atoms with Crippen LogP contribution >= 0.6 is 0 Å². The van der Waals surface area contributed by atoms with Gasteiger partial charge in [0, 0.05) is 13.1 Å². The molecule has 9 nitrogen and oxygen atoms in total. The molecule has 0 unspecified atom stereocenters. The van der Waals surface area contributed by atoms with Gasteiger partial charge >= 0.3 is 5.69 Å². The van der Waals surface area contributed by atoms with Gasteiger partial charge in [0.15, 0.2) is 23.8 Å². The molecule has 0 saturated carbocycles. The number of aromatic nitrogens is 2. The minimum Gasteiger partial charge on any atom is -0.493 e.